The van der Waals surface area contributed by atoms with Crippen LogP contribution in [-0.4, -0.2) is 42.7 Å². The molecule has 34 heavy (non-hydrogen) atoms. The van der Waals surface area contributed by atoms with Gasteiger partial charge >= 0.3 is 0 Å². The van der Waals surface area contributed by atoms with Crippen molar-refractivity contribution in [2.45, 2.75) is 31.7 Å². The Bertz CT molecular complexity index is 1220. The molecule has 9 heteroatoms. The summed E-state index contributed by atoms with van der Waals surface area (Å²) >= 11 is 11.8. The Kier molecular flexibility index (Phi) is 7.82. The molecule has 0 atom stereocenters. The number of pyridine rings is 1. The molecule has 4 rings (SSSR count). The molecule has 1 aliphatic rings. The van der Waals surface area contributed by atoms with Crippen LogP contribution >= 0.6 is 23.8 Å². The Balaban J connectivity index is 1.57. The van der Waals surface area contributed by atoms with E-state index >= 15 is 0 Å². The number of Topliss-reactive ketones (excluding diaryl/α,β-unsaturated/α-hetero) is 1. The highest BCUT2D eigenvalue weighted by atomic mass is 35.5. The van der Waals surface area contributed by atoms with Gasteiger partial charge < -0.3 is 24.8 Å². The van der Waals surface area contributed by atoms with Crippen molar-refractivity contribution in [3.8, 4) is 17.2 Å². The number of anilines is 1. The van der Waals surface area contributed by atoms with Gasteiger partial charge in [0.05, 0.1) is 28.9 Å². The second-order valence-corrected chi connectivity index (χ2v) is 8.83. The second-order valence-electron chi connectivity index (χ2n) is 8.01. The summed E-state index contributed by atoms with van der Waals surface area (Å²) in [7, 11) is 3.15. The molecule has 0 bridgehead atoms. The van der Waals surface area contributed by atoms with Crippen molar-refractivity contribution < 1.29 is 19.0 Å². The zero-order valence-corrected chi connectivity index (χ0v) is 20.6. The average Bonchev–Trinajstić information content (AvgIpc) is 3.64. The Hall–Kier alpha value is -2.94. The van der Waals surface area contributed by atoms with E-state index in [2.05, 4.69) is 15.6 Å². The van der Waals surface area contributed by atoms with Crippen LogP contribution < -0.4 is 20.1 Å². The summed E-state index contributed by atoms with van der Waals surface area (Å²) < 4.78 is 16.7. The minimum atomic E-state index is -0.0279. The van der Waals surface area contributed by atoms with E-state index in [1.807, 2.05) is 6.07 Å². The van der Waals surface area contributed by atoms with Gasteiger partial charge in [-0.05, 0) is 55.7 Å². The van der Waals surface area contributed by atoms with Gasteiger partial charge in [-0.25, -0.2) is 0 Å². The van der Waals surface area contributed by atoms with Crippen molar-refractivity contribution in [3.63, 3.8) is 0 Å². The van der Waals surface area contributed by atoms with Crippen LogP contribution in [0.5, 0.6) is 17.2 Å². The molecule has 0 aliphatic heterocycles. The molecule has 1 aliphatic carbocycles. The Morgan fingerprint density at radius 1 is 1.18 bits per heavy atom. The maximum atomic E-state index is 12.8. The number of hydrogen-bond donors (Lipinski definition) is 2. The van der Waals surface area contributed by atoms with Crippen LogP contribution in [0.3, 0.4) is 0 Å². The van der Waals surface area contributed by atoms with E-state index in [1.165, 1.54) is 7.11 Å². The summed E-state index contributed by atoms with van der Waals surface area (Å²) in [6.45, 7) is 0.518. The number of methoxy groups -OCH3 is 2. The van der Waals surface area contributed by atoms with Crippen molar-refractivity contribution in [1.82, 2.24) is 10.3 Å². The maximum Gasteiger partial charge on any atom is 0.171 e. The largest absolute Gasteiger partial charge is 0.496 e. The van der Waals surface area contributed by atoms with Crippen molar-refractivity contribution in [2.75, 3.05) is 26.1 Å². The Labute approximate surface area is 208 Å². The monoisotopic (exact) mass is 499 g/mol. The first-order valence-electron chi connectivity index (χ1n) is 11.0. The minimum absolute atomic E-state index is 0.0279. The van der Waals surface area contributed by atoms with E-state index in [-0.39, 0.29) is 5.78 Å². The van der Waals surface area contributed by atoms with Crippen LogP contribution in [0.2, 0.25) is 5.02 Å². The fourth-order valence-electron chi connectivity index (χ4n) is 3.49. The third-order valence-corrected chi connectivity index (χ3v) is 5.94. The van der Waals surface area contributed by atoms with Gasteiger partial charge in [-0.2, -0.15) is 0 Å². The molecule has 2 aromatic carbocycles. The third kappa shape index (κ3) is 5.94. The average molecular weight is 500 g/mol. The fourth-order valence-corrected chi connectivity index (χ4v) is 3.99. The SMILES string of the molecule is COCCCC(=O)c1cc2c(Oc3ccc(NC(=S)NC4CC4)c(Cl)c3)ccnc2cc1OC. The zero-order chi connectivity index (χ0) is 24.1. The molecule has 1 heterocycles. The topological polar surface area (TPSA) is 81.7 Å². The number of ketones is 1. The predicted octanol–water partition coefficient (Wildman–Crippen LogP) is 5.75. The van der Waals surface area contributed by atoms with Crippen molar-refractivity contribution in [2.24, 2.45) is 0 Å². The molecule has 0 unspecified atom stereocenters. The maximum absolute atomic E-state index is 12.8. The lowest BCUT2D eigenvalue weighted by molar-refractivity contribution is 0.0960. The molecule has 0 radical (unpaired) electrons. The number of ether oxygens (including phenoxy) is 3. The van der Waals surface area contributed by atoms with E-state index in [1.54, 1.807) is 43.6 Å². The number of fused-ring (bicyclic) bond motifs is 1. The minimum Gasteiger partial charge on any atom is -0.496 e. The number of nitrogens with one attached hydrogen (secondary N) is 2. The summed E-state index contributed by atoms with van der Waals surface area (Å²) in [6.07, 6.45) is 4.90. The quantitative estimate of drug-likeness (QED) is 0.207. The number of benzene rings is 2. The molecule has 0 saturated heterocycles. The number of thiocarbonyl (C=S) groups is 1. The van der Waals surface area contributed by atoms with E-state index < -0.39 is 0 Å². The van der Waals surface area contributed by atoms with Gasteiger partial charge in [0.15, 0.2) is 10.9 Å². The molecule has 7 nitrogen and oxygen atoms in total. The summed E-state index contributed by atoms with van der Waals surface area (Å²) in [5, 5.41) is 8.07. The summed E-state index contributed by atoms with van der Waals surface area (Å²) in [6, 6.07) is 11.1. The molecule has 0 spiro atoms. The highest BCUT2D eigenvalue weighted by Gasteiger charge is 2.22. The first-order valence-corrected chi connectivity index (χ1v) is 11.8. The highest BCUT2D eigenvalue weighted by molar-refractivity contribution is 7.80. The third-order valence-electron chi connectivity index (χ3n) is 5.40. The smallest absolute Gasteiger partial charge is 0.171 e. The molecule has 3 aromatic rings. The van der Waals surface area contributed by atoms with Crippen molar-refractivity contribution >= 4 is 51.3 Å². The molecule has 1 aromatic heterocycles. The van der Waals surface area contributed by atoms with Crippen molar-refractivity contribution in [3.05, 3.63) is 53.2 Å². The second kappa shape index (κ2) is 11.0. The van der Waals surface area contributed by atoms with Crippen LogP contribution in [0.25, 0.3) is 10.9 Å². The Morgan fingerprint density at radius 2 is 2.00 bits per heavy atom. The number of hydrogen-bond acceptors (Lipinski definition) is 6. The lowest BCUT2D eigenvalue weighted by atomic mass is 10.0. The standard InChI is InChI=1S/C25H26ClN3O4S/c1-31-11-3-4-22(30)18-13-17-21(14-24(18)32-2)27-10-9-23(17)33-16-7-8-20(19(26)12-16)29-25(34)28-15-5-6-15/h7-10,12-15H,3-6,11H2,1-2H3,(H2,28,29,34). The van der Waals surface area contributed by atoms with Crippen molar-refractivity contribution in [1.29, 1.82) is 0 Å². The summed E-state index contributed by atoms with van der Waals surface area (Å²) in [5.74, 6) is 1.56. The molecule has 178 valence electrons. The van der Waals surface area contributed by atoms with Gasteiger partial charge in [-0.1, -0.05) is 11.6 Å². The number of nitrogens with zero attached hydrogens (tertiary/aromatic N) is 1. The van der Waals surface area contributed by atoms with Gasteiger partial charge in [-0.15, -0.1) is 0 Å². The normalized spacial score (nSPS) is 12.9. The molecule has 1 saturated carbocycles. The number of carbonyl (C=O) groups excluding carboxylic acids is 1. The zero-order valence-electron chi connectivity index (χ0n) is 19.0. The van der Waals surface area contributed by atoms with E-state index in [0.29, 0.717) is 75.0 Å². The molecular weight excluding hydrogens is 474 g/mol. The molecule has 2 N–H and O–H groups in total. The van der Waals surface area contributed by atoms with Gasteiger partial charge in [0, 0.05) is 49.9 Å². The summed E-state index contributed by atoms with van der Waals surface area (Å²) in [4.78, 5) is 17.2. The van der Waals surface area contributed by atoms with E-state index in [9.17, 15) is 4.79 Å². The van der Waals surface area contributed by atoms with Crippen LogP contribution in [0.4, 0.5) is 5.69 Å². The molecular formula is C25H26ClN3O4S. The van der Waals surface area contributed by atoms with E-state index in [0.717, 1.165) is 12.8 Å². The van der Waals surface area contributed by atoms with Gasteiger partial charge in [0.25, 0.3) is 0 Å². The molecule has 1 fully saturated rings. The number of halogens is 1. The van der Waals surface area contributed by atoms with E-state index in [4.69, 9.17) is 38.0 Å². The Morgan fingerprint density at radius 3 is 2.71 bits per heavy atom. The first-order chi connectivity index (χ1) is 16.5. The lowest BCUT2D eigenvalue weighted by Crippen LogP contribution is -2.30. The molecule has 0 amide bonds. The van der Waals surface area contributed by atoms with Gasteiger partial charge in [-0.3, -0.25) is 9.78 Å². The highest BCUT2D eigenvalue weighted by Crippen LogP contribution is 2.35. The first kappa shape index (κ1) is 24.2. The van der Waals surface area contributed by atoms with Crippen LogP contribution in [-0.2, 0) is 4.74 Å². The number of aromatic nitrogens is 1. The van der Waals surface area contributed by atoms with Crippen LogP contribution in [0, 0.1) is 0 Å². The number of rotatable bonds is 10. The predicted molar refractivity (Wildman–Crippen MR) is 138 cm³/mol. The van der Waals surface area contributed by atoms with Crippen LogP contribution in [0.1, 0.15) is 36.0 Å². The number of carbonyl (C=O) groups is 1. The van der Waals surface area contributed by atoms with Gasteiger partial charge in [0.2, 0.25) is 0 Å². The van der Waals surface area contributed by atoms with Crippen LogP contribution in [0.15, 0.2) is 42.6 Å². The van der Waals surface area contributed by atoms with Gasteiger partial charge in [0.1, 0.15) is 17.2 Å². The summed E-state index contributed by atoms with van der Waals surface area (Å²) in [5.41, 5.74) is 1.84. The fraction of sp³-hybridized carbons (Fsp3) is 0.320. The lowest BCUT2D eigenvalue weighted by Gasteiger charge is -2.14.